The predicted octanol–water partition coefficient (Wildman–Crippen LogP) is 3.00. The Hall–Kier alpha value is -2.68. The number of fused-ring (bicyclic) bond motifs is 3. The smallest absolute Gasteiger partial charge is 0.415 e. The first kappa shape index (κ1) is 15.8. The Balaban J connectivity index is 1.50. The fraction of sp³-hybridized carbons (Fsp3) is 0.300. The highest BCUT2D eigenvalue weighted by Crippen LogP contribution is 2.44. The molecule has 125 valence electrons. The zero-order valence-electron chi connectivity index (χ0n) is 13.7. The van der Waals surface area contributed by atoms with E-state index in [-0.39, 0.29) is 18.6 Å². The van der Waals surface area contributed by atoms with Gasteiger partial charge in [0.05, 0.1) is 0 Å². The van der Waals surface area contributed by atoms with E-state index in [4.69, 9.17) is 14.7 Å². The largest absolute Gasteiger partial charge is 0.566 e. The van der Waals surface area contributed by atoms with Crippen LogP contribution in [-0.4, -0.2) is 38.5 Å². The molecule has 1 heterocycles. The Morgan fingerprint density at radius 1 is 1.16 bits per heavy atom. The minimum Gasteiger partial charge on any atom is -0.415 e. The van der Waals surface area contributed by atoms with Crippen LogP contribution in [0.1, 0.15) is 17.0 Å². The standard InChI is InChI=1S/C20H18N2O3/c21-11-14-12-22(9-10-24-14)20(23)25-13-19-17-7-3-1-5-15(17)16-6-2-4-8-18(16)19/h1-8,14,19H,9-10,12-13H2/q+1. The van der Waals surface area contributed by atoms with Crippen molar-refractivity contribution in [2.24, 2.45) is 0 Å². The highest BCUT2D eigenvalue weighted by molar-refractivity contribution is 5.79. The lowest BCUT2D eigenvalue weighted by Crippen LogP contribution is -2.50. The molecule has 1 atom stereocenters. The van der Waals surface area contributed by atoms with Crippen molar-refractivity contribution in [3.63, 3.8) is 0 Å². The van der Waals surface area contributed by atoms with Gasteiger partial charge in [-0.3, -0.25) is 0 Å². The van der Waals surface area contributed by atoms with Gasteiger partial charge in [0.15, 0.2) is 19.2 Å². The molecule has 25 heavy (non-hydrogen) atoms. The zero-order chi connectivity index (χ0) is 17.2. The van der Waals surface area contributed by atoms with Gasteiger partial charge >= 0.3 is 6.09 Å². The minimum absolute atomic E-state index is 0.0455. The van der Waals surface area contributed by atoms with Crippen molar-refractivity contribution in [2.45, 2.75) is 12.0 Å². The summed E-state index contributed by atoms with van der Waals surface area (Å²) in [5.41, 5.74) is 4.78. The first-order valence-corrected chi connectivity index (χ1v) is 8.39. The maximum atomic E-state index is 12.4. The molecule has 1 aliphatic heterocycles. The molecule has 1 radical (unpaired) electrons. The van der Waals surface area contributed by atoms with Gasteiger partial charge in [0.2, 0.25) is 0 Å². The number of hydrogen-bond donors (Lipinski definition) is 0. The van der Waals surface area contributed by atoms with E-state index in [1.807, 2.05) is 30.3 Å². The number of hydrogen-bond acceptors (Lipinski definition) is 4. The van der Waals surface area contributed by atoms with Gasteiger partial charge in [-0.2, -0.15) is 10.1 Å². The quantitative estimate of drug-likeness (QED) is 0.792. The molecule has 5 heteroatoms. The van der Waals surface area contributed by atoms with Crippen molar-refractivity contribution < 1.29 is 14.3 Å². The molecule has 1 saturated heterocycles. The summed E-state index contributed by atoms with van der Waals surface area (Å²) in [4.78, 5) is 13.9. The van der Waals surface area contributed by atoms with Crippen LogP contribution in [0, 0.1) is 11.3 Å². The van der Waals surface area contributed by atoms with Crippen LogP contribution in [0.4, 0.5) is 4.79 Å². The average molecular weight is 334 g/mol. The highest BCUT2D eigenvalue weighted by Gasteiger charge is 2.37. The zero-order valence-corrected chi connectivity index (χ0v) is 13.7. The first-order valence-electron chi connectivity index (χ1n) is 8.39. The van der Waals surface area contributed by atoms with Crippen molar-refractivity contribution in [1.82, 2.24) is 4.90 Å². The van der Waals surface area contributed by atoms with Crippen LogP contribution in [0.25, 0.3) is 11.1 Å². The summed E-state index contributed by atoms with van der Waals surface area (Å²) < 4.78 is 10.9. The summed E-state index contributed by atoms with van der Waals surface area (Å²) in [6.07, 6.45) is -0.959. The van der Waals surface area contributed by atoms with Crippen LogP contribution in [0.15, 0.2) is 48.5 Å². The lowest BCUT2D eigenvalue weighted by molar-refractivity contribution is 0.0274. The Kier molecular flexibility index (Phi) is 4.22. The minimum atomic E-state index is -0.575. The monoisotopic (exact) mass is 334 g/mol. The Morgan fingerprint density at radius 3 is 2.44 bits per heavy atom. The van der Waals surface area contributed by atoms with Gasteiger partial charge < -0.3 is 9.47 Å². The van der Waals surface area contributed by atoms with Gasteiger partial charge in [-0.05, 0) is 22.3 Å². The molecular formula is C20H18N2O3+. The number of nitriles is 1. The third-order valence-corrected chi connectivity index (χ3v) is 4.80. The lowest BCUT2D eigenvalue weighted by atomic mass is 9.98. The summed E-state index contributed by atoms with van der Waals surface area (Å²) in [6, 6.07) is 18.5. The maximum Gasteiger partial charge on any atom is 0.566 e. The second kappa shape index (κ2) is 6.67. The van der Waals surface area contributed by atoms with E-state index >= 15 is 0 Å². The highest BCUT2D eigenvalue weighted by atomic mass is 16.6. The molecular weight excluding hydrogens is 316 g/mol. The lowest BCUT2D eigenvalue weighted by Gasteiger charge is -2.19. The number of ether oxygens (including phenoxy) is 2. The van der Waals surface area contributed by atoms with Gasteiger partial charge in [0.1, 0.15) is 19.3 Å². The molecule has 2 aromatic rings. The number of carbonyl (C=O) groups is 1. The summed E-state index contributed by atoms with van der Waals surface area (Å²) in [5, 5.41) is 8.96. The van der Waals surface area contributed by atoms with E-state index in [0.717, 1.165) is 0 Å². The van der Waals surface area contributed by atoms with Crippen LogP contribution >= 0.6 is 0 Å². The van der Waals surface area contributed by atoms with Crippen LogP contribution in [0.3, 0.4) is 0 Å². The molecule has 1 fully saturated rings. The molecule has 4 rings (SSSR count). The van der Waals surface area contributed by atoms with Crippen LogP contribution < -0.4 is 4.90 Å². The molecule has 2 aromatic carbocycles. The topological polar surface area (TPSA) is 65.2 Å². The van der Waals surface area contributed by atoms with E-state index in [9.17, 15) is 4.79 Å². The molecule has 1 aliphatic carbocycles. The van der Waals surface area contributed by atoms with E-state index < -0.39 is 6.10 Å². The molecule has 0 saturated carbocycles. The molecule has 1 unspecified atom stereocenters. The van der Waals surface area contributed by atoms with Crippen molar-refractivity contribution in [1.29, 1.82) is 5.26 Å². The van der Waals surface area contributed by atoms with Crippen molar-refractivity contribution >= 4 is 6.09 Å². The maximum absolute atomic E-state index is 12.4. The third-order valence-electron chi connectivity index (χ3n) is 4.80. The van der Waals surface area contributed by atoms with Crippen LogP contribution in [0.5, 0.6) is 0 Å². The Bertz CT molecular complexity index is 797. The summed E-state index contributed by atoms with van der Waals surface area (Å²) in [7, 11) is 0. The van der Waals surface area contributed by atoms with E-state index in [1.54, 1.807) is 4.90 Å². The van der Waals surface area contributed by atoms with E-state index in [1.165, 1.54) is 22.3 Å². The van der Waals surface area contributed by atoms with Gasteiger partial charge in [0, 0.05) is 5.92 Å². The normalized spacial score (nSPS) is 19.7. The summed E-state index contributed by atoms with van der Waals surface area (Å²) >= 11 is 0. The fourth-order valence-corrected chi connectivity index (χ4v) is 3.58. The molecule has 0 spiro atoms. The second-order valence-corrected chi connectivity index (χ2v) is 6.24. The Morgan fingerprint density at radius 2 is 1.80 bits per heavy atom. The number of rotatable bonds is 2. The first-order chi connectivity index (χ1) is 12.3. The average Bonchev–Trinajstić information content (AvgIpc) is 3.00. The van der Waals surface area contributed by atoms with Gasteiger partial charge in [-0.15, -0.1) is 0 Å². The Labute approximate surface area is 146 Å². The van der Waals surface area contributed by atoms with E-state index in [0.29, 0.717) is 19.8 Å². The fourth-order valence-electron chi connectivity index (χ4n) is 3.58. The van der Waals surface area contributed by atoms with Crippen molar-refractivity contribution in [2.75, 3.05) is 26.3 Å². The number of carbonyl (C=O) groups excluding carboxylic acids is 1. The number of nitrogens with zero attached hydrogens (tertiary/aromatic N) is 2. The van der Waals surface area contributed by atoms with Gasteiger partial charge in [0.25, 0.3) is 0 Å². The van der Waals surface area contributed by atoms with Gasteiger partial charge in [-0.25, -0.2) is 0 Å². The number of morpholine rings is 1. The molecule has 0 aromatic heterocycles. The SMILES string of the molecule is N#CC1C[N+](C(=O)OCC2c3ccccc3-c3ccccc32)CCO1. The molecule has 5 nitrogen and oxygen atoms in total. The second-order valence-electron chi connectivity index (χ2n) is 6.24. The third kappa shape index (κ3) is 2.91. The van der Waals surface area contributed by atoms with Crippen LogP contribution in [0.2, 0.25) is 0 Å². The number of amides is 1. The molecule has 0 N–H and O–H groups in total. The summed E-state index contributed by atoms with van der Waals surface area (Å²) in [5.74, 6) is 0.0455. The van der Waals surface area contributed by atoms with Crippen molar-refractivity contribution in [3.8, 4) is 17.2 Å². The summed E-state index contributed by atoms with van der Waals surface area (Å²) in [6.45, 7) is 1.37. The van der Waals surface area contributed by atoms with Gasteiger partial charge in [-0.1, -0.05) is 53.4 Å². The molecule has 1 amide bonds. The van der Waals surface area contributed by atoms with E-state index in [2.05, 4.69) is 24.3 Å². The molecule has 0 bridgehead atoms. The predicted molar refractivity (Wildman–Crippen MR) is 92.3 cm³/mol. The number of benzene rings is 2. The van der Waals surface area contributed by atoms with Crippen molar-refractivity contribution in [3.05, 3.63) is 59.7 Å². The molecule has 2 aliphatic rings. The van der Waals surface area contributed by atoms with Crippen LogP contribution in [-0.2, 0) is 9.47 Å².